The van der Waals surface area contributed by atoms with Crippen LogP contribution in [0.3, 0.4) is 0 Å². The maximum absolute atomic E-state index is 15.9. The molecule has 212 valence electrons. The van der Waals surface area contributed by atoms with Crippen LogP contribution in [0.25, 0.3) is 87.7 Å². The average molecular weight is 783 g/mol. The van der Waals surface area contributed by atoms with Crippen LogP contribution in [0, 0.1) is 23.3 Å². The van der Waals surface area contributed by atoms with Crippen molar-refractivity contribution in [3.63, 3.8) is 0 Å². The van der Waals surface area contributed by atoms with Crippen LogP contribution in [-0.4, -0.2) is 29.0 Å². The van der Waals surface area contributed by atoms with Crippen molar-refractivity contribution >= 4 is 143 Å². The molecule has 10 heteroatoms. The van der Waals surface area contributed by atoms with Crippen LogP contribution in [0.4, 0.5) is 17.6 Å². The number of hydrogen-bond acceptors (Lipinski definition) is 4. The molecule has 0 spiro atoms. The number of thiophene rings is 4. The first-order valence-electron chi connectivity index (χ1n) is 13.4. The van der Waals surface area contributed by atoms with Gasteiger partial charge in [0.05, 0.1) is 0 Å². The molecule has 0 radical (unpaired) electrons. The molecule has 0 fully saturated rings. The molecular weight excluding hydrogens is 771 g/mol. The fraction of sp³-hybridized carbons (Fsp3) is 0. The Bertz CT molecular complexity index is 2650. The number of benzene rings is 4. The van der Waals surface area contributed by atoms with E-state index in [0.717, 1.165) is 47.5 Å². The Hall–Kier alpha value is -2.78. The third-order valence-electron chi connectivity index (χ3n) is 8.06. The van der Waals surface area contributed by atoms with Gasteiger partial charge in [0.1, 0.15) is 0 Å². The van der Waals surface area contributed by atoms with E-state index in [-0.39, 0.29) is 52.3 Å². The van der Waals surface area contributed by atoms with Gasteiger partial charge in [-0.25, -0.2) is 0 Å². The average Bonchev–Trinajstić information content (AvgIpc) is 3.86. The molecular formula is C34H12F4S4Se2. The third kappa shape index (κ3) is 3.54. The molecule has 0 saturated carbocycles. The number of rotatable bonds is 2. The van der Waals surface area contributed by atoms with Crippen molar-refractivity contribution in [2.75, 3.05) is 0 Å². The standard InChI is InChI=1S/C34H12F4S4Se2/c35-25-15-9-21-17(11-19(15)41-31(25)33-27(37)13-5-1-3-7-23(13)43-33)29-30(39-21)18-12-20-16(10-22(18)40-29)26(36)32(42-20)34-28(38)14-6-2-4-8-24(14)44-34/h1-12H. The van der Waals surface area contributed by atoms with Crippen molar-refractivity contribution in [1.82, 2.24) is 0 Å². The first-order valence-corrected chi connectivity index (χ1v) is 20.1. The summed E-state index contributed by atoms with van der Waals surface area (Å²) in [4.78, 5) is 0.785. The van der Waals surface area contributed by atoms with E-state index in [4.69, 9.17) is 0 Å². The second-order valence-corrected chi connectivity index (χ2v) is 19.1. The van der Waals surface area contributed by atoms with E-state index < -0.39 is 0 Å². The van der Waals surface area contributed by atoms with E-state index in [0.29, 0.717) is 40.2 Å². The fourth-order valence-corrected chi connectivity index (χ4v) is 16.0. The van der Waals surface area contributed by atoms with Gasteiger partial charge in [-0.15, -0.1) is 0 Å². The summed E-state index contributed by atoms with van der Waals surface area (Å²) in [5.74, 6) is -1.33. The van der Waals surface area contributed by atoms with E-state index in [1.54, 1.807) is 34.8 Å². The molecule has 10 rings (SSSR count). The summed E-state index contributed by atoms with van der Waals surface area (Å²) in [6.07, 6.45) is 0. The van der Waals surface area contributed by atoms with Crippen molar-refractivity contribution in [3.05, 3.63) is 96.1 Å². The van der Waals surface area contributed by atoms with Gasteiger partial charge >= 0.3 is 276 Å². The third-order valence-corrected chi connectivity index (χ3v) is 18.3. The molecule has 44 heavy (non-hydrogen) atoms. The molecule has 0 unspecified atom stereocenters. The Morgan fingerprint density at radius 2 is 0.795 bits per heavy atom. The van der Waals surface area contributed by atoms with Crippen LogP contribution in [0.2, 0.25) is 0 Å². The van der Waals surface area contributed by atoms with Gasteiger partial charge in [0.25, 0.3) is 0 Å². The quantitative estimate of drug-likeness (QED) is 0.121. The van der Waals surface area contributed by atoms with Crippen LogP contribution < -0.4 is 0 Å². The molecule has 0 nitrogen and oxygen atoms in total. The normalized spacial score (nSPS) is 12.5. The van der Waals surface area contributed by atoms with E-state index in [1.807, 2.05) is 60.7 Å². The second kappa shape index (κ2) is 9.38. The van der Waals surface area contributed by atoms with E-state index in [1.165, 1.54) is 22.7 Å². The molecule has 4 aromatic carbocycles. The second-order valence-electron chi connectivity index (χ2n) is 10.5. The van der Waals surface area contributed by atoms with Crippen molar-refractivity contribution in [3.8, 4) is 18.6 Å². The van der Waals surface area contributed by atoms with Gasteiger partial charge in [0.2, 0.25) is 0 Å². The zero-order valence-electron chi connectivity index (χ0n) is 21.9. The predicted octanol–water partition coefficient (Wildman–Crippen LogP) is 12.0. The minimum absolute atomic E-state index is 0.286. The van der Waals surface area contributed by atoms with E-state index in [2.05, 4.69) is 0 Å². The monoisotopic (exact) mass is 784 g/mol. The van der Waals surface area contributed by atoms with Crippen molar-refractivity contribution < 1.29 is 17.6 Å². The molecule has 0 bridgehead atoms. The summed E-state index contributed by atoms with van der Waals surface area (Å²) in [5, 5.41) is 4.25. The first kappa shape index (κ1) is 26.4. The summed E-state index contributed by atoms with van der Waals surface area (Å²) in [5.41, 5.74) is 0. The van der Waals surface area contributed by atoms with Gasteiger partial charge in [0.15, 0.2) is 0 Å². The summed E-state index contributed by atoms with van der Waals surface area (Å²) in [6, 6.07) is 22.6. The molecule has 0 aliphatic heterocycles. The van der Waals surface area contributed by atoms with Gasteiger partial charge in [0, 0.05) is 0 Å². The molecule has 0 atom stereocenters. The zero-order chi connectivity index (χ0) is 29.4. The molecule has 0 amide bonds. The van der Waals surface area contributed by atoms with Crippen molar-refractivity contribution in [1.29, 1.82) is 0 Å². The molecule has 0 saturated heterocycles. The Kier molecular flexibility index (Phi) is 5.63. The SMILES string of the molecule is Fc1c(-c2[se]c3ccccc3c2F)sc2cc3c(cc12)sc1c2cc4sc(-c5[se]c6ccccc6c5F)c(F)c4cc2sc31. The maximum atomic E-state index is 15.9. The van der Waals surface area contributed by atoms with Gasteiger partial charge < -0.3 is 0 Å². The number of hydrogen-bond donors (Lipinski definition) is 0. The summed E-state index contributed by atoms with van der Waals surface area (Å²) in [7, 11) is 0. The summed E-state index contributed by atoms with van der Waals surface area (Å²) >= 11 is 5.26. The molecule has 0 N–H and O–H groups in total. The summed E-state index contributed by atoms with van der Waals surface area (Å²) < 4.78 is 70.9. The topological polar surface area (TPSA) is 0 Å². The predicted molar refractivity (Wildman–Crippen MR) is 185 cm³/mol. The van der Waals surface area contributed by atoms with Crippen molar-refractivity contribution in [2.45, 2.75) is 0 Å². The van der Waals surface area contributed by atoms with Crippen LogP contribution in [-0.2, 0) is 0 Å². The molecule has 6 heterocycles. The Morgan fingerprint density at radius 3 is 1.23 bits per heavy atom. The molecule has 0 aliphatic carbocycles. The van der Waals surface area contributed by atoms with Crippen LogP contribution >= 0.6 is 45.3 Å². The van der Waals surface area contributed by atoms with Gasteiger partial charge in [-0.3, -0.25) is 0 Å². The number of fused-ring (bicyclic) bond motifs is 9. The van der Waals surface area contributed by atoms with Crippen LogP contribution in [0.1, 0.15) is 0 Å². The van der Waals surface area contributed by atoms with E-state index in [9.17, 15) is 0 Å². The zero-order valence-corrected chi connectivity index (χ0v) is 28.6. The van der Waals surface area contributed by atoms with Gasteiger partial charge in [-0.05, 0) is 0 Å². The van der Waals surface area contributed by atoms with E-state index >= 15 is 17.6 Å². The van der Waals surface area contributed by atoms with Crippen molar-refractivity contribution in [2.24, 2.45) is 0 Å². The molecule has 6 aromatic heterocycles. The number of halogens is 4. The summed E-state index contributed by atoms with van der Waals surface area (Å²) in [6.45, 7) is 0. The Labute approximate surface area is 273 Å². The first-order chi connectivity index (χ1) is 21.4. The Balaban J connectivity index is 1.15. The van der Waals surface area contributed by atoms with Crippen LogP contribution in [0.15, 0.2) is 72.8 Å². The Morgan fingerprint density at radius 1 is 0.409 bits per heavy atom. The minimum atomic E-state index is -0.353. The fourth-order valence-electron chi connectivity index (χ4n) is 5.99. The molecule has 10 aromatic rings. The van der Waals surface area contributed by atoms with Crippen LogP contribution in [0.5, 0.6) is 0 Å². The van der Waals surface area contributed by atoms with Gasteiger partial charge in [-0.1, -0.05) is 0 Å². The van der Waals surface area contributed by atoms with Gasteiger partial charge in [-0.2, -0.15) is 0 Å². The molecule has 0 aliphatic rings.